The molecule has 0 aliphatic carbocycles. The lowest BCUT2D eigenvalue weighted by Gasteiger charge is -2.10. The van der Waals surface area contributed by atoms with Crippen LogP contribution in [0.1, 0.15) is 17.3 Å². The molecule has 2 aromatic heterocycles. The van der Waals surface area contributed by atoms with Crippen LogP contribution in [0.25, 0.3) is 22.3 Å². The monoisotopic (exact) mass is 436 g/mol. The number of carbonyl (C=O) groups excluding carboxylic acids is 2. The molecule has 4 aromatic rings. The van der Waals surface area contributed by atoms with E-state index in [2.05, 4.69) is 26.0 Å². The Morgan fingerprint density at radius 1 is 1.13 bits per heavy atom. The van der Waals surface area contributed by atoms with Gasteiger partial charge in [0.1, 0.15) is 12.3 Å². The normalized spacial score (nSPS) is 10.7. The van der Waals surface area contributed by atoms with E-state index in [9.17, 15) is 9.59 Å². The molecule has 4 rings (SSSR count). The topological polar surface area (TPSA) is 117 Å². The maximum atomic E-state index is 12.5. The van der Waals surface area contributed by atoms with Crippen LogP contribution in [0.2, 0.25) is 0 Å². The lowest BCUT2D eigenvalue weighted by atomic mass is 10.2. The van der Waals surface area contributed by atoms with Crippen molar-refractivity contribution in [1.82, 2.24) is 30.6 Å². The standard InChI is InChI=1S/C21H20N6O3S/c1-2-30-14-9-7-13(8-10-14)19-24-26-21(31)27(19)12-18(28)23-25-20(29)16-11-22-17-6-4-3-5-15(16)17/h3-11,22H,2,12H2,1H3,(H,23,28)(H,25,29)(H,26,31). The molecule has 0 saturated heterocycles. The van der Waals surface area contributed by atoms with Crippen molar-refractivity contribution in [3.63, 3.8) is 0 Å². The molecule has 0 aliphatic heterocycles. The number of hydrogen-bond donors (Lipinski definition) is 4. The Morgan fingerprint density at radius 3 is 2.68 bits per heavy atom. The summed E-state index contributed by atoms with van der Waals surface area (Å²) in [4.78, 5) is 27.9. The summed E-state index contributed by atoms with van der Waals surface area (Å²) in [6, 6.07) is 14.7. The number of ether oxygens (including phenoxy) is 1. The van der Waals surface area contributed by atoms with Gasteiger partial charge in [-0.25, -0.2) is 0 Å². The molecule has 0 fully saturated rings. The molecule has 2 amide bonds. The second kappa shape index (κ2) is 8.84. The zero-order chi connectivity index (χ0) is 21.8. The van der Waals surface area contributed by atoms with E-state index in [-0.39, 0.29) is 6.54 Å². The van der Waals surface area contributed by atoms with Gasteiger partial charge in [0, 0.05) is 22.7 Å². The predicted octanol–water partition coefficient (Wildman–Crippen LogP) is 2.95. The van der Waals surface area contributed by atoms with Crippen LogP contribution in [0.3, 0.4) is 0 Å². The van der Waals surface area contributed by atoms with Gasteiger partial charge in [0.15, 0.2) is 10.6 Å². The first kappa shape index (κ1) is 20.4. The van der Waals surface area contributed by atoms with Gasteiger partial charge < -0.3 is 9.72 Å². The van der Waals surface area contributed by atoms with Gasteiger partial charge in [0.05, 0.1) is 12.2 Å². The zero-order valence-electron chi connectivity index (χ0n) is 16.6. The fourth-order valence-corrected chi connectivity index (χ4v) is 3.38. The number of nitrogens with one attached hydrogen (secondary N) is 4. The number of benzene rings is 2. The molecule has 10 heteroatoms. The second-order valence-corrected chi connectivity index (χ2v) is 7.03. The van der Waals surface area contributed by atoms with Crippen molar-refractivity contribution in [2.75, 3.05) is 6.61 Å². The van der Waals surface area contributed by atoms with Crippen LogP contribution in [-0.4, -0.2) is 38.2 Å². The van der Waals surface area contributed by atoms with Gasteiger partial charge in [0.25, 0.3) is 11.8 Å². The van der Waals surface area contributed by atoms with Crippen LogP contribution >= 0.6 is 12.2 Å². The van der Waals surface area contributed by atoms with E-state index in [1.54, 1.807) is 10.8 Å². The molecule has 31 heavy (non-hydrogen) atoms. The SMILES string of the molecule is CCOc1ccc(-c2n[nH]c(=S)n2CC(=O)NNC(=O)c2c[nH]c3ccccc23)cc1. The molecule has 0 aliphatic rings. The quantitative estimate of drug-likeness (QED) is 0.274. The Morgan fingerprint density at radius 2 is 1.90 bits per heavy atom. The molecule has 0 saturated carbocycles. The van der Waals surface area contributed by atoms with Gasteiger partial charge in [-0.05, 0) is 49.5 Å². The van der Waals surface area contributed by atoms with E-state index < -0.39 is 11.8 Å². The first-order chi connectivity index (χ1) is 15.1. The van der Waals surface area contributed by atoms with Crippen molar-refractivity contribution in [2.45, 2.75) is 13.5 Å². The Labute approximate surface area is 182 Å². The third-order valence-corrected chi connectivity index (χ3v) is 4.94. The van der Waals surface area contributed by atoms with Crippen molar-refractivity contribution in [3.8, 4) is 17.1 Å². The number of amides is 2. The van der Waals surface area contributed by atoms with Crippen LogP contribution < -0.4 is 15.6 Å². The minimum Gasteiger partial charge on any atom is -0.494 e. The Bertz CT molecular complexity index is 1290. The van der Waals surface area contributed by atoms with Gasteiger partial charge in [-0.2, -0.15) is 5.10 Å². The fraction of sp³-hybridized carbons (Fsp3) is 0.143. The number of fused-ring (bicyclic) bond motifs is 1. The van der Waals surface area contributed by atoms with Gasteiger partial charge in [-0.15, -0.1) is 0 Å². The average molecular weight is 436 g/mol. The number of hydrazine groups is 1. The molecule has 0 bridgehead atoms. The molecule has 0 unspecified atom stereocenters. The largest absolute Gasteiger partial charge is 0.494 e. The van der Waals surface area contributed by atoms with E-state index >= 15 is 0 Å². The number of H-pyrrole nitrogens is 2. The zero-order valence-corrected chi connectivity index (χ0v) is 17.5. The van der Waals surface area contributed by atoms with E-state index in [1.807, 2.05) is 55.5 Å². The molecule has 0 spiro atoms. The number of nitrogens with zero attached hydrogens (tertiary/aromatic N) is 2. The Hall–Kier alpha value is -3.92. The van der Waals surface area contributed by atoms with Crippen LogP contribution in [-0.2, 0) is 11.3 Å². The minimum absolute atomic E-state index is 0.119. The maximum absolute atomic E-state index is 12.5. The number of rotatable bonds is 6. The van der Waals surface area contributed by atoms with Gasteiger partial charge >= 0.3 is 0 Å². The summed E-state index contributed by atoms with van der Waals surface area (Å²) in [6.45, 7) is 2.36. The molecule has 2 heterocycles. The van der Waals surface area contributed by atoms with Crippen molar-refractivity contribution in [2.24, 2.45) is 0 Å². The van der Waals surface area contributed by atoms with Gasteiger partial charge in [0.2, 0.25) is 0 Å². The lowest BCUT2D eigenvalue weighted by Crippen LogP contribution is -2.43. The summed E-state index contributed by atoms with van der Waals surface area (Å²) in [5, 5.41) is 7.69. The number of para-hydroxylation sites is 1. The lowest BCUT2D eigenvalue weighted by molar-refractivity contribution is -0.122. The fourth-order valence-electron chi connectivity index (χ4n) is 3.19. The summed E-state index contributed by atoms with van der Waals surface area (Å²) in [5.74, 6) is 0.377. The second-order valence-electron chi connectivity index (χ2n) is 6.65. The third kappa shape index (κ3) is 4.33. The summed E-state index contributed by atoms with van der Waals surface area (Å²) in [6.07, 6.45) is 1.60. The highest BCUT2D eigenvalue weighted by molar-refractivity contribution is 7.71. The van der Waals surface area contributed by atoms with Gasteiger partial charge in [-0.1, -0.05) is 18.2 Å². The molecular formula is C21H20N6O3S. The molecule has 4 N–H and O–H groups in total. The van der Waals surface area contributed by atoms with Crippen LogP contribution in [0.15, 0.2) is 54.7 Å². The number of aromatic amines is 2. The predicted molar refractivity (Wildman–Crippen MR) is 118 cm³/mol. The van der Waals surface area contributed by atoms with Crippen molar-refractivity contribution in [1.29, 1.82) is 0 Å². The minimum atomic E-state index is -0.446. The Kier molecular flexibility index (Phi) is 5.80. The maximum Gasteiger partial charge on any atom is 0.271 e. The number of carbonyl (C=O) groups is 2. The van der Waals surface area contributed by atoms with Crippen molar-refractivity contribution in [3.05, 3.63) is 65.1 Å². The highest BCUT2D eigenvalue weighted by Crippen LogP contribution is 2.21. The summed E-state index contributed by atoms with van der Waals surface area (Å²) in [7, 11) is 0. The third-order valence-electron chi connectivity index (χ3n) is 4.63. The summed E-state index contributed by atoms with van der Waals surface area (Å²) < 4.78 is 7.29. The van der Waals surface area contributed by atoms with E-state index in [4.69, 9.17) is 17.0 Å². The molecule has 2 aromatic carbocycles. The van der Waals surface area contributed by atoms with E-state index in [0.717, 1.165) is 22.2 Å². The molecular weight excluding hydrogens is 416 g/mol. The highest BCUT2D eigenvalue weighted by atomic mass is 32.1. The molecule has 0 radical (unpaired) electrons. The number of aromatic nitrogens is 4. The van der Waals surface area contributed by atoms with Gasteiger partial charge in [-0.3, -0.25) is 30.1 Å². The molecule has 158 valence electrons. The first-order valence-electron chi connectivity index (χ1n) is 9.60. The molecule has 9 nitrogen and oxygen atoms in total. The smallest absolute Gasteiger partial charge is 0.271 e. The van der Waals surface area contributed by atoms with Crippen molar-refractivity contribution < 1.29 is 14.3 Å². The Balaban J connectivity index is 1.44. The average Bonchev–Trinajstić information content (AvgIpc) is 3.37. The van der Waals surface area contributed by atoms with Crippen LogP contribution in [0.4, 0.5) is 0 Å². The first-order valence-corrected chi connectivity index (χ1v) is 10.0. The summed E-state index contributed by atoms with van der Waals surface area (Å²) in [5.41, 5.74) is 6.90. The van der Waals surface area contributed by atoms with Crippen LogP contribution in [0.5, 0.6) is 5.75 Å². The van der Waals surface area contributed by atoms with Crippen LogP contribution in [0, 0.1) is 4.77 Å². The van der Waals surface area contributed by atoms with E-state index in [1.165, 1.54) is 0 Å². The number of hydrogen-bond acceptors (Lipinski definition) is 5. The summed E-state index contributed by atoms with van der Waals surface area (Å²) >= 11 is 5.26. The highest BCUT2D eigenvalue weighted by Gasteiger charge is 2.15. The van der Waals surface area contributed by atoms with E-state index in [0.29, 0.717) is 22.8 Å². The molecule has 0 atom stereocenters. The van der Waals surface area contributed by atoms with Crippen molar-refractivity contribution >= 4 is 34.9 Å².